The van der Waals surface area contributed by atoms with E-state index < -0.39 is 0 Å². The number of H-pyrrole nitrogens is 1. The number of amides is 1. The Balaban J connectivity index is 1.59. The Kier molecular flexibility index (Phi) is 5.72. The van der Waals surface area contributed by atoms with Crippen LogP contribution in [0.4, 0.5) is 0 Å². The molecule has 1 amide bonds. The van der Waals surface area contributed by atoms with Crippen molar-refractivity contribution in [3.63, 3.8) is 0 Å². The van der Waals surface area contributed by atoms with Crippen LogP contribution in [-0.4, -0.2) is 44.1 Å². The maximum absolute atomic E-state index is 12.7. The Morgan fingerprint density at radius 2 is 2.19 bits per heavy atom. The highest BCUT2D eigenvalue weighted by atomic mass is 32.2. The van der Waals surface area contributed by atoms with E-state index in [0.29, 0.717) is 23.1 Å². The number of hydrogen-bond acceptors (Lipinski definition) is 6. The van der Waals surface area contributed by atoms with E-state index in [1.807, 2.05) is 32.0 Å². The highest BCUT2D eigenvalue weighted by molar-refractivity contribution is 7.98. The van der Waals surface area contributed by atoms with Crippen molar-refractivity contribution < 1.29 is 9.21 Å². The number of pyridine rings is 1. The summed E-state index contributed by atoms with van der Waals surface area (Å²) >= 11 is 1.47. The number of aromatic amines is 1. The number of aromatic nitrogens is 4. The Labute approximate surface area is 156 Å². The van der Waals surface area contributed by atoms with Gasteiger partial charge in [-0.2, -0.15) is 5.10 Å². The van der Waals surface area contributed by atoms with Crippen LogP contribution in [0, 0.1) is 6.92 Å². The van der Waals surface area contributed by atoms with Gasteiger partial charge in [0, 0.05) is 31.4 Å². The topological polar surface area (TPSA) is 87.9 Å². The second-order valence-electron chi connectivity index (χ2n) is 6.14. The van der Waals surface area contributed by atoms with Crippen LogP contribution >= 0.6 is 11.8 Å². The number of carbonyl (C=O) groups excluding carboxylic acids is 1. The van der Waals surface area contributed by atoms with Gasteiger partial charge in [-0.1, -0.05) is 11.8 Å². The quantitative estimate of drug-likeness (QED) is 0.642. The lowest BCUT2D eigenvalue weighted by Gasteiger charge is -2.23. The van der Waals surface area contributed by atoms with Gasteiger partial charge in [-0.3, -0.25) is 14.9 Å². The molecule has 0 bridgehead atoms. The molecule has 0 aliphatic rings. The molecule has 0 fully saturated rings. The molecular formula is C18H21N5O2S. The fraction of sp³-hybridized carbons (Fsp3) is 0.333. The van der Waals surface area contributed by atoms with Crippen LogP contribution in [-0.2, 0) is 12.2 Å². The number of likely N-dealkylation sites (N-methyl/N-ethyl adjacent to an activating group) is 1. The summed E-state index contributed by atoms with van der Waals surface area (Å²) in [5.74, 6) is 1.50. The van der Waals surface area contributed by atoms with E-state index in [2.05, 4.69) is 20.2 Å². The zero-order valence-corrected chi connectivity index (χ0v) is 15.8. The number of nitrogens with one attached hydrogen (secondary N) is 1. The van der Waals surface area contributed by atoms with Gasteiger partial charge in [0.2, 0.25) is 0 Å². The van der Waals surface area contributed by atoms with Crippen LogP contribution in [0.2, 0.25) is 0 Å². The third-order valence-electron chi connectivity index (χ3n) is 4.07. The van der Waals surface area contributed by atoms with Gasteiger partial charge in [0.05, 0.1) is 5.75 Å². The molecule has 0 aliphatic carbocycles. The van der Waals surface area contributed by atoms with Crippen LogP contribution in [0.3, 0.4) is 0 Å². The Bertz CT molecular complexity index is 862. The molecule has 26 heavy (non-hydrogen) atoms. The van der Waals surface area contributed by atoms with E-state index >= 15 is 0 Å². The number of thioether (sulfide) groups is 1. The average molecular weight is 371 g/mol. The Morgan fingerprint density at radius 3 is 2.92 bits per heavy atom. The molecule has 0 saturated heterocycles. The Morgan fingerprint density at radius 1 is 1.35 bits per heavy atom. The standard InChI is InChI=1S/C18H21N5O2S/c1-12-6-7-19-14(8-12)9-13(2)23(3)17(24)16-5-4-15(25-16)10-26-18-20-11-21-22-18/h4-8,11,13H,9-10H2,1-3H3,(H,20,21,22). The molecular weight excluding hydrogens is 350 g/mol. The van der Waals surface area contributed by atoms with Gasteiger partial charge in [0.15, 0.2) is 10.9 Å². The first kappa shape index (κ1) is 18.2. The first-order valence-electron chi connectivity index (χ1n) is 8.28. The number of rotatable bonds is 7. The van der Waals surface area contributed by atoms with Gasteiger partial charge in [-0.15, -0.1) is 0 Å². The molecule has 0 saturated carbocycles. The summed E-state index contributed by atoms with van der Waals surface area (Å²) in [6.07, 6.45) is 3.95. The van der Waals surface area contributed by atoms with Crippen LogP contribution in [0.25, 0.3) is 0 Å². The van der Waals surface area contributed by atoms with Crippen LogP contribution in [0.5, 0.6) is 0 Å². The first-order chi connectivity index (χ1) is 12.5. The SMILES string of the molecule is Cc1ccnc(CC(C)N(C)C(=O)c2ccc(CSc3ncn[nH]3)o2)c1. The van der Waals surface area contributed by atoms with Crippen LogP contribution in [0.15, 0.2) is 46.4 Å². The highest BCUT2D eigenvalue weighted by Crippen LogP contribution is 2.21. The molecule has 0 radical (unpaired) electrons. The van der Waals surface area contributed by atoms with Gasteiger partial charge in [-0.25, -0.2) is 4.98 Å². The monoisotopic (exact) mass is 371 g/mol. The van der Waals surface area contributed by atoms with Crippen molar-refractivity contribution in [1.29, 1.82) is 0 Å². The first-order valence-corrected chi connectivity index (χ1v) is 9.27. The van der Waals surface area contributed by atoms with Crippen molar-refractivity contribution >= 4 is 17.7 Å². The maximum atomic E-state index is 12.7. The van der Waals surface area contributed by atoms with E-state index in [-0.39, 0.29) is 11.9 Å². The smallest absolute Gasteiger partial charge is 0.289 e. The molecule has 1 N–H and O–H groups in total. The minimum absolute atomic E-state index is 0.00826. The van der Waals surface area contributed by atoms with Crippen molar-refractivity contribution in [3.8, 4) is 0 Å². The minimum atomic E-state index is -0.138. The molecule has 3 aromatic rings. The van der Waals surface area contributed by atoms with E-state index in [0.717, 1.165) is 17.0 Å². The number of carbonyl (C=O) groups is 1. The molecule has 3 rings (SSSR count). The number of furan rings is 1. The molecule has 3 aromatic heterocycles. The third-order valence-corrected chi connectivity index (χ3v) is 4.97. The normalized spacial score (nSPS) is 12.1. The van der Waals surface area contributed by atoms with Crippen LogP contribution in [0.1, 0.15) is 34.5 Å². The summed E-state index contributed by atoms with van der Waals surface area (Å²) in [7, 11) is 1.79. The van der Waals surface area contributed by atoms with Crippen molar-refractivity contribution in [2.24, 2.45) is 0 Å². The van der Waals surface area contributed by atoms with Gasteiger partial charge >= 0.3 is 0 Å². The lowest BCUT2D eigenvalue weighted by molar-refractivity contribution is 0.0709. The fourth-order valence-electron chi connectivity index (χ4n) is 2.50. The predicted molar refractivity (Wildman–Crippen MR) is 98.9 cm³/mol. The summed E-state index contributed by atoms with van der Waals surface area (Å²) in [5, 5.41) is 7.29. The van der Waals surface area contributed by atoms with Crippen molar-refractivity contribution in [2.45, 2.75) is 37.2 Å². The van der Waals surface area contributed by atoms with E-state index in [9.17, 15) is 4.79 Å². The maximum Gasteiger partial charge on any atom is 0.289 e. The molecule has 0 spiro atoms. The van der Waals surface area contributed by atoms with E-state index in [1.54, 1.807) is 24.2 Å². The summed E-state index contributed by atoms with van der Waals surface area (Å²) in [6, 6.07) is 7.54. The molecule has 1 atom stereocenters. The van der Waals surface area contributed by atoms with Crippen molar-refractivity contribution in [2.75, 3.05) is 7.05 Å². The van der Waals surface area contributed by atoms with Crippen molar-refractivity contribution in [1.82, 2.24) is 25.1 Å². The zero-order valence-electron chi connectivity index (χ0n) is 15.0. The van der Waals surface area contributed by atoms with Gasteiger partial charge < -0.3 is 9.32 Å². The molecule has 8 heteroatoms. The zero-order chi connectivity index (χ0) is 18.5. The fourth-order valence-corrected chi connectivity index (χ4v) is 3.17. The predicted octanol–water partition coefficient (Wildman–Crippen LogP) is 3.10. The molecule has 7 nitrogen and oxygen atoms in total. The van der Waals surface area contributed by atoms with Gasteiger partial charge in [0.1, 0.15) is 12.1 Å². The van der Waals surface area contributed by atoms with E-state index in [1.165, 1.54) is 18.1 Å². The summed E-state index contributed by atoms with van der Waals surface area (Å²) in [6.45, 7) is 4.04. The summed E-state index contributed by atoms with van der Waals surface area (Å²) in [5.41, 5.74) is 2.14. The van der Waals surface area contributed by atoms with Gasteiger partial charge in [-0.05, 0) is 43.7 Å². The number of nitrogens with zero attached hydrogens (tertiary/aromatic N) is 4. The average Bonchev–Trinajstić information content (AvgIpc) is 3.30. The molecule has 0 aromatic carbocycles. The molecule has 0 aliphatic heterocycles. The second-order valence-corrected chi connectivity index (χ2v) is 7.10. The minimum Gasteiger partial charge on any atom is -0.455 e. The third kappa shape index (κ3) is 4.51. The summed E-state index contributed by atoms with van der Waals surface area (Å²) < 4.78 is 5.69. The van der Waals surface area contributed by atoms with Crippen LogP contribution < -0.4 is 0 Å². The molecule has 136 valence electrons. The lowest BCUT2D eigenvalue weighted by atomic mass is 10.1. The van der Waals surface area contributed by atoms with Gasteiger partial charge in [0.25, 0.3) is 5.91 Å². The summed E-state index contributed by atoms with van der Waals surface area (Å²) in [4.78, 5) is 22.8. The second kappa shape index (κ2) is 8.18. The lowest BCUT2D eigenvalue weighted by Crippen LogP contribution is -2.36. The molecule has 3 heterocycles. The van der Waals surface area contributed by atoms with Crippen molar-refractivity contribution in [3.05, 3.63) is 59.6 Å². The Hall–Kier alpha value is -2.61. The highest BCUT2D eigenvalue weighted by Gasteiger charge is 2.21. The largest absolute Gasteiger partial charge is 0.455 e. The number of hydrogen-bond donors (Lipinski definition) is 1. The molecule has 1 unspecified atom stereocenters. The number of aryl methyl sites for hydroxylation is 1. The van der Waals surface area contributed by atoms with E-state index in [4.69, 9.17) is 4.42 Å².